The summed E-state index contributed by atoms with van der Waals surface area (Å²) in [6.07, 6.45) is 6.41. The van der Waals surface area contributed by atoms with E-state index in [9.17, 15) is 0 Å². The van der Waals surface area contributed by atoms with Gasteiger partial charge in [-0.25, -0.2) is 0 Å². The van der Waals surface area contributed by atoms with Crippen LogP contribution < -0.4 is 14.2 Å². The lowest BCUT2D eigenvalue weighted by Crippen LogP contribution is -2.55. The summed E-state index contributed by atoms with van der Waals surface area (Å²) in [5, 5.41) is 0. The molecule has 168 valence electrons. The maximum absolute atomic E-state index is 6.24. The van der Waals surface area contributed by atoms with Crippen LogP contribution in [0.25, 0.3) is 0 Å². The first-order valence-corrected chi connectivity index (χ1v) is 11.8. The van der Waals surface area contributed by atoms with Gasteiger partial charge < -0.3 is 14.2 Å². The van der Waals surface area contributed by atoms with Gasteiger partial charge in [0.2, 0.25) is 0 Å². The van der Waals surface area contributed by atoms with E-state index in [0.717, 1.165) is 43.4 Å². The maximum atomic E-state index is 6.24. The Balaban J connectivity index is 1.37. The lowest BCUT2D eigenvalue weighted by atomic mass is 9.97. The molecule has 5 heteroatoms. The van der Waals surface area contributed by atoms with Gasteiger partial charge in [0.05, 0.1) is 7.11 Å². The molecule has 0 amide bonds. The van der Waals surface area contributed by atoms with Gasteiger partial charge in [0.15, 0.2) is 17.7 Å². The van der Waals surface area contributed by atoms with Gasteiger partial charge in [-0.15, -0.1) is 0 Å². The molecule has 2 heterocycles. The van der Waals surface area contributed by atoms with Crippen LogP contribution in [0.15, 0.2) is 48.5 Å². The van der Waals surface area contributed by atoms with Crippen molar-refractivity contribution in [2.45, 2.75) is 51.3 Å². The SMILES string of the molecule is CCCCCCC(c1ccc(OC)cc1)N1CCN(C2COc3ccccc3O2)CC1. The highest BCUT2D eigenvalue weighted by Crippen LogP contribution is 2.33. The van der Waals surface area contributed by atoms with E-state index >= 15 is 0 Å². The zero-order valence-corrected chi connectivity index (χ0v) is 19.0. The summed E-state index contributed by atoms with van der Waals surface area (Å²) in [6, 6.07) is 17.1. The smallest absolute Gasteiger partial charge is 0.187 e. The van der Waals surface area contributed by atoms with Crippen molar-refractivity contribution in [1.29, 1.82) is 0 Å². The molecule has 0 saturated carbocycles. The Morgan fingerprint density at radius 2 is 1.68 bits per heavy atom. The van der Waals surface area contributed by atoms with E-state index in [4.69, 9.17) is 14.2 Å². The van der Waals surface area contributed by atoms with Crippen LogP contribution in [0.4, 0.5) is 0 Å². The lowest BCUT2D eigenvalue weighted by molar-refractivity contribution is -0.0551. The number of hydrogen-bond donors (Lipinski definition) is 0. The normalized spacial score (nSPS) is 20.4. The number of para-hydroxylation sites is 2. The van der Waals surface area contributed by atoms with Crippen LogP contribution in [-0.4, -0.2) is 55.9 Å². The average Bonchev–Trinajstić information content (AvgIpc) is 2.84. The Kier molecular flexibility index (Phi) is 7.71. The van der Waals surface area contributed by atoms with Crippen molar-refractivity contribution < 1.29 is 14.2 Å². The van der Waals surface area contributed by atoms with Crippen molar-refractivity contribution in [2.75, 3.05) is 39.9 Å². The van der Waals surface area contributed by atoms with E-state index in [1.54, 1.807) is 7.11 Å². The highest BCUT2D eigenvalue weighted by molar-refractivity contribution is 5.40. The topological polar surface area (TPSA) is 34.2 Å². The van der Waals surface area contributed by atoms with E-state index in [1.165, 1.54) is 37.7 Å². The van der Waals surface area contributed by atoms with Crippen LogP contribution >= 0.6 is 0 Å². The summed E-state index contributed by atoms with van der Waals surface area (Å²) >= 11 is 0. The highest BCUT2D eigenvalue weighted by Gasteiger charge is 2.31. The molecule has 2 aromatic carbocycles. The molecule has 31 heavy (non-hydrogen) atoms. The van der Waals surface area contributed by atoms with E-state index in [0.29, 0.717) is 12.6 Å². The minimum atomic E-state index is 0.000964. The minimum Gasteiger partial charge on any atom is -0.497 e. The second-order valence-electron chi connectivity index (χ2n) is 8.54. The molecule has 2 aromatic rings. The van der Waals surface area contributed by atoms with E-state index in [1.807, 2.05) is 24.3 Å². The summed E-state index contributed by atoms with van der Waals surface area (Å²) in [5.74, 6) is 2.63. The molecular weight excluding hydrogens is 388 g/mol. The Labute approximate surface area is 186 Å². The Bertz CT molecular complexity index is 803. The second-order valence-corrected chi connectivity index (χ2v) is 8.54. The van der Waals surface area contributed by atoms with Gasteiger partial charge in [-0.2, -0.15) is 0 Å². The van der Waals surface area contributed by atoms with E-state index in [-0.39, 0.29) is 6.23 Å². The molecular formula is C26H36N2O3. The Morgan fingerprint density at radius 1 is 0.935 bits per heavy atom. The molecule has 4 rings (SSSR count). The van der Waals surface area contributed by atoms with E-state index < -0.39 is 0 Å². The van der Waals surface area contributed by atoms with Crippen LogP contribution in [0.3, 0.4) is 0 Å². The van der Waals surface area contributed by atoms with Crippen LogP contribution in [0.5, 0.6) is 17.2 Å². The van der Waals surface area contributed by atoms with Crippen molar-refractivity contribution in [3.63, 3.8) is 0 Å². The third-order valence-corrected chi connectivity index (χ3v) is 6.52. The zero-order valence-electron chi connectivity index (χ0n) is 19.0. The van der Waals surface area contributed by atoms with Gasteiger partial charge in [-0.3, -0.25) is 9.80 Å². The zero-order chi connectivity index (χ0) is 21.5. The molecule has 0 aromatic heterocycles. The number of unbranched alkanes of at least 4 members (excludes halogenated alkanes) is 3. The molecule has 0 radical (unpaired) electrons. The monoisotopic (exact) mass is 424 g/mol. The standard InChI is InChI=1S/C26H36N2O3/c1-3-4-5-6-9-23(21-12-14-22(29-2)15-13-21)27-16-18-28(19-17-27)26-20-30-24-10-7-8-11-25(24)31-26/h7-8,10-15,23,26H,3-6,9,16-20H2,1-2H3. The van der Waals surface area contributed by atoms with Crippen molar-refractivity contribution in [3.8, 4) is 17.2 Å². The molecule has 0 bridgehead atoms. The quantitative estimate of drug-likeness (QED) is 0.522. The second kappa shape index (κ2) is 10.9. The average molecular weight is 425 g/mol. The molecule has 2 aliphatic heterocycles. The van der Waals surface area contributed by atoms with Crippen LogP contribution in [-0.2, 0) is 0 Å². The summed E-state index contributed by atoms with van der Waals surface area (Å²) in [5.41, 5.74) is 1.40. The van der Waals surface area contributed by atoms with E-state index in [2.05, 4.69) is 41.0 Å². The van der Waals surface area contributed by atoms with Gasteiger partial charge >= 0.3 is 0 Å². The third-order valence-electron chi connectivity index (χ3n) is 6.52. The summed E-state index contributed by atoms with van der Waals surface area (Å²) in [4.78, 5) is 5.08. The molecule has 5 nitrogen and oxygen atoms in total. The number of piperazine rings is 1. The summed E-state index contributed by atoms with van der Waals surface area (Å²) in [6.45, 7) is 6.96. The van der Waals surface area contributed by atoms with Crippen molar-refractivity contribution in [2.24, 2.45) is 0 Å². The van der Waals surface area contributed by atoms with Gasteiger partial charge in [-0.05, 0) is 36.2 Å². The highest BCUT2D eigenvalue weighted by atomic mass is 16.6. The van der Waals surface area contributed by atoms with Crippen molar-refractivity contribution in [3.05, 3.63) is 54.1 Å². The minimum absolute atomic E-state index is 0.000964. The fraction of sp³-hybridized carbons (Fsp3) is 0.538. The first kappa shape index (κ1) is 22.0. The fourth-order valence-corrected chi connectivity index (χ4v) is 4.68. The Hall–Kier alpha value is -2.24. The summed E-state index contributed by atoms with van der Waals surface area (Å²) in [7, 11) is 1.73. The first-order chi connectivity index (χ1) is 15.3. The molecule has 2 atom stereocenters. The van der Waals surface area contributed by atoms with Gasteiger partial charge in [0, 0.05) is 32.2 Å². The first-order valence-electron chi connectivity index (χ1n) is 11.8. The summed E-state index contributed by atoms with van der Waals surface area (Å²) < 4.78 is 17.5. The number of methoxy groups -OCH3 is 1. The third kappa shape index (κ3) is 5.52. The number of nitrogens with zero attached hydrogens (tertiary/aromatic N) is 2. The number of fused-ring (bicyclic) bond motifs is 1. The van der Waals surface area contributed by atoms with Crippen LogP contribution in [0, 0.1) is 0 Å². The largest absolute Gasteiger partial charge is 0.497 e. The molecule has 0 N–H and O–H groups in total. The maximum Gasteiger partial charge on any atom is 0.187 e. The molecule has 1 saturated heterocycles. The number of hydrogen-bond acceptors (Lipinski definition) is 5. The molecule has 0 spiro atoms. The van der Waals surface area contributed by atoms with Crippen molar-refractivity contribution >= 4 is 0 Å². The number of benzene rings is 2. The predicted octanol–water partition coefficient (Wildman–Crippen LogP) is 5.12. The van der Waals surface area contributed by atoms with Crippen molar-refractivity contribution in [1.82, 2.24) is 9.80 Å². The van der Waals surface area contributed by atoms with Gasteiger partial charge in [-0.1, -0.05) is 56.9 Å². The molecule has 1 fully saturated rings. The Morgan fingerprint density at radius 3 is 2.39 bits per heavy atom. The molecule has 0 aliphatic carbocycles. The van der Waals surface area contributed by atoms with Crippen LogP contribution in [0.2, 0.25) is 0 Å². The molecule has 2 aliphatic rings. The fourth-order valence-electron chi connectivity index (χ4n) is 4.68. The van der Waals surface area contributed by atoms with Gasteiger partial charge in [0.1, 0.15) is 12.4 Å². The number of ether oxygens (including phenoxy) is 3. The molecule has 2 unspecified atom stereocenters. The predicted molar refractivity (Wildman–Crippen MR) is 124 cm³/mol. The van der Waals surface area contributed by atoms with Gasteiger partial charge in [0.25, 0.3) is 0 Å². The van der Waals surface area contributed by atoms with Crippen LogP contribution in [0.1, 0.15) is 50.6 Å². The lowest BCUT2D eigenvalue weighted by Gasteiger charge is -2.43. The number of rotatable bonds is 9.